The van der Waals surface area contributed by atoms with E-state index >= 15 is 0 Å². The van der Waals surface area contributed by atoms with E-state index in [0.29, 0.717) is 11.3 Å². The Labute approximate surface area is 95.0 Å². The Kier molecular flexibility index (Phi) is 3.88. The van der Waals surface area contributed by atoms with E-state index in [1.807, 2.05) is 0 Å². The van der Waals surface area contributed by atoms with E-state index in [1.165, 1.54) is 13.2 Å². The fourth-order valence-corrected chi connectivity index (χ4v) is 1.55. The van der Waals surface area contributed by atoms with Crippen molar-refractivity contribution in [3.63, 3.8) is 0 Å². The number of methoxy groups -OCH3 is 1. The number of halogens is 1. The maximum Gasteiger partial charge on any atom is 0.130 e. The quantitative estimate of drug-likeness (QED) is 0.817. The molecule has 0 aliphatic rings. The maximum absolute atomic E-state index is 13.7. The minimum absolute atomic E-state index is 0.205. The van der Waals surface area contributed by atoms with Gasteiger partial charge in [-0.3, -0.25) is 0 Å². The zero-order valence-corrected chi connectivity index (χ0v) is 9.88. The lowest BCUT2D eigenvalue weighted by atomic mass is 9.93. The van der Waals surface area contributed by atoms with E-state index in [0.717, 1.165) is 5.56 Å². The summed E-state index contributed by atoms with van der Waals surface area (Å²) in [7, 11) is 1.49. The first kappa shape index (κ1) is 12.9. The van der Waals surface area contributed by atoms with Crippen LogP contribution in [-0.4, -0.2) is 24.4 Å². The van der Waals surface area contributed by atoms with Crippen LogP contribution in [0.4, 0.5) is 4.39 Å². The zero-order chi connectivity index (χ0) is 12.3. The van der Waals surface area contributed by atoms with Crippen LogP contribution in [0.2, 0.25) is 0 Å². The third-order valence-corrected chi connectivity index (χ3v) is 2.46. The smallest absolute Gasteiger partial charge is 0.130 e. The zero-order valence-electron chi connectivity index (χ0n) is 9.88. The minimum atomic E-state index is -0.844. The lowest BCUT2D eigenvalue weighted by Gasteiger charge is -2.23. The van der Waals surface area contributed by atoms with Gasteiger partial charge in [0.1, 0.15) is 11.6 Å². The standard InChI is InChI=1S/C12H18FNO2/c1-8-4-10(13)9(11(5-8)16-3)6-12(2,14)7-15/h4-5,15H,6-7,14H2,1-3H3. The maximum atomic E-state index is 13.7. The summed E-state index contributed by atoms with van der Waals surface area (Å²) in [4.78, 5) is 0. The van der Waals surface area contributed by atoms with Gasteiger partial charge in [-0.1, -0.05) is 0 Å². The van der Waals surface area contributed by atoms with Gasteiger partial charge in [-0.05, 0) is 38.0 Å². The van der Waals surface area contributed by atoms with Gasteiger partial charge in [0.05, 0.1) is 13.7 Å². The number of aliphatic hydroxyl groups is 1. The number of aryl methyl sites for hydroxylation is 1. The van der Waals surface area contributed by atoms with Crippen LogP contribution in [0.25, 0.3) is 0 Å². The number of hydrogen-bond donors (Lipinski definition) is 2. The molecule has 0 saturated carbocycles. The molecule has 0 spiro atoms. The molecule has 0 aliphatic heterocycles. The molecule has 1 aromatic carbocycles. The van der Waals surface area contributed by atoms with Crippen molar-refractivity contribution in [2.75, 3.05) is 13.7 Å². The number of benzene rings is 1. The SMILES string of the molecule is COc1cc(C)cc(F)c1CC(C)(N)CO. The van der Waals surface area contributed by atoms with E-state index < -0.39 is 5.54 Å². The van der Waals surface area contributed by atoms with Crippen molar-refractivity contribution in [1.82, 2.24) is 0 Å². The van der Waals surface area contributed by atoms with E-state index in [2.05, 4.69) is 0 Å². The van der Waals surface area contributed by atoms with Gasteiger partial charge < -0.3 is 15.6 Å². The van der Waals surface area contributed by atoms with Crippen molar-refractivity contribution in [3.8, 4) is 5.75 Å². The second kappa shape index (κ2) is 4.80. The fourth-order valence-electron chi connectivity index (χ4n) is 1.55. The highest BCUT2D eigenvalue weighted by Crippen LogP contribution is 2.26. The predicted molar refractivity (Wildman–Crippen MR) is 61.1 cm³/mol. The van der Waals surface area contributed by atoms with E-state index in [4.69, 9.17) is 15.6 Å². The number of aliphatic hydroxyl groups excluding tert-OH is 1. The van der Waals surface area contributed by atoms with Crippen LogP contribution in [0, 0.1) is 12.7 Å². The van der Waals surface area contributed by atoms with Crippen molar-refractivity contribution in [1.29, 1.82) is 0 Å². The second-order valence-electron chi connectivity index (χ2n) is 4.42. The van der Waals surface area contributed by atoms with Gasteiger partial charge in [0.25, 0.3) is 0 Å². The molecule has 0 bridgehead atoms. The molecule has 1 aromatic rings. The molecule has 0 aliphatic carbocycles. The van der Waals surface area contributed by atoms with E-state index in [9.17, 15) is 4.39 Å². The summed E-state index contributed by atoms with van der Waals surface area (Å²) in [5, 5.41) is 9.08. The van der Waals surface area contributed by atoms with Crippen LogP contribution in [0.3, 0.4) is 0 Å². The fraction of sp³-hybridized carbons (Fsp3) is 0.500. The van der Waals surface area contributed by atoms with Gasteiger partial charge in [-0.25, -0.2) is 4.39 Å². The van der Waals surface area contributed by atoms with Crippen molar-refractivity contribution >= 4 is 0 Å². The molecule has 4 heteroatoms. The largest absolute Gasteiger partial charge is 0.496 e. The van der Waals surface area contributed by atoms with Crippen molar-refractivity contribution in [2.24, 2.45) is 5.73 Å². The molecule has 16 heavy (non-hydrogen) atoms. The lowest BCUT2D eigenvalue weighted by molar-refractivity contribution is 0.206. The molecule has 0 saturated heterocycles. The summed E-state index contributed by atoms with van der Waals surface area (Å²) in [6.45, 7) is 3.26. The third kappa shape index (κ3) is 2.93. The molecule has 0 fully saturated rings. The van der Waals surface area contributed by atoms with Crippen molar-refractivity contribution < 1.29 is 14.2 Å². The van der Waals surface area contributed by atoms with Crippen LogP contribution in [0.5, 0.6) is 5.75 Å². The molecule has 0 amide bonds. The molecule has 90 valence electrons. The Morgan fingerprint density at radius 1 is 1.50 bits per heavy atom. The Balaban J connectivity index is 3.12. The number of rotatable bonds is 4. The first-order valence-corrected chi connectivity index (χ1v) is 5.12. The molecule has 0 aromatic heterocycles. The Hall–Kier alpha value is -1.13. The Morgan fingerprint density at radius 2 is 2.12 bits per heavy atom. The van der Waals surface area contributed by atoms with Crippen LogP contribution in [0.1, 0.15) is 18.1 Å². The molecule has 0 heterocycles. The highest BCUT2D eigenvalue weighted by Gasteiger charge is 2.22. The summed E-state index contributed by atoms with van der Waals surface area (Å²) >= 11 is 0. The van der Waals surface area contributed by atoms with Gasteiger partial charge >= 0.3 is 0 Å². The molecule has 1 rings (SSSR count). The summed E-state index contributed by atoms with van der Waals surface area (Å²) in [5.41, 5.74) is 6.16. The average Bonchev–Trinajstić information content (AvgIpc) is 2.21. The molecule has 1 unspecified atom stereocenters. The van der Waals surface area contributed by atoms with E-state index in [1.54, 1.807) is 19.9 Å². The van der Waals surface area contributed by atoms with Crippen LogP contribution >= 0.6 is 0 Å². The monoisotopic (exact) mass is 227 g/mol. The molecule has 3 N–H and O–H groups in total. The predicted octanol–water partition coefficient (Wildman–Crippen LogP) is 1.39. The minimum Gasteiger partial charge on any atom is -0.496 e. The van der Waals surface area contributed by atoms with Gasteiger partial charge in [0.2, 0.25) is 0 Å². The second-order valence-corrected chi connectivity index (χ2v) is 4.42. The summed E-state index contributed by atoms with van der Waals surface area (Å²) in [6, 6.07) is 3.19. The van der Waals surface area contributed by atoms with Gasteiger partial charge in [0, 0.05) is 11.1 Å². The molecular formula is C12H18FNO2. The summed E-state index contributed by atoms with van der Waals surface area (Å²) in [5.74, 6) is 0.129. The van der Waals surface area contributed by atoms with Gasteiger partial charge in [-0.15, -0.1) is 0 Å². The van der Waals surface area contributed by atoms with Crippen LogP contribution in [-0.2, 0) is 6.42 Å². The van der Waals surface area contributed by atoms with Crippen molar-refractivity contribution in [2.45, 2.75) is 25.8 Å². The van der Waals surface area contributed by atoms with Crippen molar-refractivity contribution in [3.05, 3.63) is 29.1 Å². The van der Waals surface area contributed by atoms with Gasteiger partial charge in [-0.2, -0.15) is 0 Å². The first-order chi connectivity index (χ1) is 7.39. The number of hydrogen-bond acceptors (Lipinski definition) is 3. The molecule has 0 radical (unpaired) electrons. The Bertz CT molecular complexity index is 378. The molecule has 1 atom stereocenters. The summed E-state index contributed by atoms with van der Waals surface area (Å²) < 4.78 is 18.9. The topological polar surface area (TPSA) is 55.5 Å². The molecule has 3 nitrogen and oxygen atoms in total. The normalized spacial score (nSPS) is 14.6. The lowest BCUT2D eigenvalue weighted by Crippen LogP contribution is -2.42. The van der Waals surface area contributed by atoms with Gasteiger partial charge in [0.15, 0.2) is 0 Å². The van der Waals surface area contributed by atoms with Crippen LogP contribution in [0.15, 0.2) is 12.1 Å². The number of ether oxygens (including phenoxy) is 1. The first-order valence-electron chi connectivity index (χ1n) is 5.12. The number of nitrogens with two attached hydrogens (primary N) is 1. The average molecular weight is 227 g/mol. The highest BCUT2D eigenvalue weighted by atomic mass is 19.1. The summed E-state index contributed by atoms with van der Waals surface area (Å²) in [6.07, 6.45) is 0.235. The molecular weight excluding hydrogens is 209 g/mol. The Morgan fingerprint density at radius 3 is 2.62 bits per heavy atom. The highest BCUT2D eigenvalue weighted by molar-refractivity contribution is 5.39. The van der Waals surface area contributed by atoms with Crippen LogP contribution < -0.4 is 10.5 Å². The third-order valence-electron chi connectivity index (χ3n) is 2.46. The van der Waals surface area contributed by atoms with E-state index in [-0.39, 0.29) is 18.8 Å².